The van der Waals surface area contributed by atoms with Crippen LogP contribution < -0.4 is 4.90 Å². The number of pyridine rings is 1. The molecule has 4 nitrogen and oxygen atoms in total. The number of hydrogen-bond acceptors (Lipinski definition) is 3. The Kier molecular flexibility index (Phi) is 6.60. The van der Waals surface area contributed by atoms with Gasteiger partial charge in [-0.1, -0.05) is 115 Å². The lowest BCUT2D eigenvalue weighted by Gasteiger charge is -2.25. The molecule has 12 rings (SSSR count). The third-order valence-corrected chi connectivity index (χ3v) is 11.4. The topological polar surface area (TPSA) is 33.9 Å². The van der Waals surface area contributed by atoms with E-state index in [-0.39, 0.29) is 0 Å². The van der Waals surface area contributed by atoms with Gasteiger partial charge in [-0.2, -0.15) is 0 Å². The van der Waals surface area contributed by atoms with E-state index < -0.39 is 0 Å². The molecule has 8 aromatic carbocycles. The van der Waals surface area contributed by atoms with E-state index in [0.29, 0.717) is 0 Å². The molecule has 12 aromatic rings. The van der Waals surface area contributed by atoms with Gasteiger partial charge in [-0.15, -0.1) is 0 Å². The average molecular weight is 717 g/mol. The van der Waals surface area contributed by atoms with Crippen molar-refractivity contribution in [3.8, 4) is 22.4 Å². The fourth-order valence-corrected chi connectivity index (χ4v) is 8.86. The fourth-order valence-electron chi connectivity index (χ4n) is 8.86. The van der Waals surface area contributed by atoms with Crippen molar-refractivity contribution in [3.63, 3.8) is 0 Å². The van der Waals surface area contributed by atoms with Crippen LogP contribution in [0.1, 0.15) is 0 Å². The van der Waals surface area contributed by atoms with E-state index >= 15 is 0 Å². The number of hydrogen-bond donors (Lipinski definition) is 0. The van der Waals surface area contributed by atoms with Gasteiger partial charge in [-0.05, 0) is 88.6 Å². The molecule has 0 spiro atoms. The molecule has 0 amide bonds. The van der Waals surface area contributed by atoms with Gasteiger partial charge < -0.3 is 18.1 Å². The molecule has 4 heterocycles. The predicted molar refractivity (Wildman–Crippen MR) is 233 cm³/mol. The molecule has 262 valence electrons. The Balaban J connectivity index is 1.04. The van der Waals surface area contributed by atoms with Gasteiger partial charge in [0.2, 0.25) is 0 Å². The second-order valence-electron chi connectivity index (χ2n) is 14.5. The van der Waals surface area contributed by atoms with E-state index in [1.54, 1.807) is 0 Å². The van der Waals surface area contributed by atoms with Crippen LogP contribution in [0.4, 0.5) is 17.1 Å². The quantitative estimate of drug-likeness (QED) is 0.178. The van der Waals surface area contributed by atoms with Gasteiger partial charge in [0.25, 0.3) is 0 Å². The predicted octanol–water partition coefficient (Wildman–Crippen LogP) is 14.8. The van der Waals surface area contributed by atoms with E-state index in [2.05, 4.69) is 179 Å². The van der Waals surface area contributed by atoms with Gasteiger partial charge in [-0.3, -0.25) is 0 Å². The van der Waals surface area contributed by atoms with Crippen LogP contribution in [0.5, 0.6) is 0 Å². The van der Waals surface area contributed by atoms with Gasteiger partial charge >= 0.3 is 0 Å². The SMILES string of the molecule is c1ccc(-c2c3c4ccccc4ccc3n3c(-c4ccc(N(c5ccc6c(c5)oc5ccccc56)c5ccc6c(c5)oc5ccccc56)cc4)cccc23)cc1. The number of benzene rings is 8. The summed E-state index contributed by atoms with van der Waals surface area (Å²) in [7, 11) is 0. The number of fused-ring (bicyclic) bond motifs is 11. The van der Waals surface area contributed by atoms with E-state index in [4.69, 9.17) is 8.83 Å². The zero-order valence-corrected chi connectivity index (χ0v) is 30.2. The molecular weight excluding hydrogens is 685 g/mol. The van der Waals surface area contributed by atoms with Crippen molar-refractivity contribution >= 4 is 88.1 Å². The summed E-state index contributed by atoms with van der Waals surface area (Å²) in [5.74, 6) is 0. The molecule has 0 fully saturated rings. The van der Waals surface area contributed by atoms with Gasteiger partial charge in [-0.25, -0.2) is 0 Å². The van der Waals surface area contributed by atoms with Crippen molar-refractivity contribution in [1.82, 2.24) is 4.40 Å². The molecule has 0 aliphatic carbocycles. The van der Waals surface area contributed by atoms with Crippen LogP contribution in [0.15, 0.2) is 203 Å². The number of nitrogens with zero attached hydrogens (tertiary/aromatic N) is 2. The zero-order chi connectivity index (χ0) is 36.7. The van der Waals surface area contributed by atoms with Crippen molar-refractivity contribution in [2.75, 3.05) is 4.90 Å². The van der Waals surface area contributed by atoms with Crippen molar-refractivity contribution < 1.29 is 8.83 Å². The number of furan rings is 2. The van der Waals surface area contributed by atoms with Crippen molar-refractivity contribution in [1.29, 1.82) is 0 Å². The third-order valence-electron chi connectivity index (χ3n) is 11.4. The van der Waals surface area contributed by atoms with Crippen molar-refractivity contribution in [2.45, 2.75) is 0 Å². The molecule has 0 saturated carbocycles. The Morgan fingerprint density at radius 1 is 0.357 bits per heavy atom. The maximum atomic E-state index is 6.39. The molecule has 0 N–H and O–H groups in total. The summed E-state index contributed by atoms with van der Waals surface area (Å²) in [5.41, 5.74) is 13.6. The number of rotatable bonds is 5. The van der Waals surface area contributed by atoms with Crippen molar-refractivity contribution in [3.05, 3.63) is 194 Å². The van der Waals surface area contributed by atoms with Crippen LogP contribution in [0.2, 0.25) is 0 Å². The monoisotopic (exact) mass is 716 g/mol. The highest BCUT2D eigenvalue weighted by molar-refractivity contribution is 6.19. The molecule has 0 bridgehead atoms. The van der Waals surface area contributed by atoms with Gasteiger partial charge in [0.05, 0.1) is 16.7 Å². The normalized spacial score (nSPS) is 11.9. The second kappa shape index (κ2) is 12.0. The molecule has 0 atom stereocenters. The highest BCUT2D eigenvalue weighted by Crippen LogP contribution is 2.44. The molecule has 0 aliphatic rings. The summed E-state index contributed by atoms with van der Waals surface area (Å²) in [5, 5.41) is 8.19. The first-order chi connectivity index (χ1) is 27.8. The fraction of sp³-hybridized carbons (Fsp3) is 0. The van der Waals surface area contributed by atoms with E-state index in [0.717, 1.165) is 72.2 Å². The minimum atomic E-state index is 0.850. The highest BCUT2D eigenvalue weighted by atomic mass is 16.3. The Labute approximate surface area is 321 Å². The van der Waals surface area contributed by atoms with Crippen LogP contribution in [0, 0.1) is 0 Å². The molecule has 4 aromatic heterocycles. The molecule has 4 heteroatoms. The maximum absolute atomic E-state index is 6.39. The first-order valence-corrected chi connectivity index (χ1v) is 19.0. The zero-order valence-electron chi connectivity index (χ0n) is 30.2. The molecular formula is C52H32N2O2. The molecule has 0 unspecified atom stereocenters. The average Bonchev–Trinajstić information content (AvgIpc) is 3.93. The summed E-state index contributed by atoms with van der Waals surface area (Å²) in [6.07, 6.45) is 0. The summed E-state index contributed by atoms with van der Waals surface area (Å²) >= 11 is 0. The van der Waals surface area contributed by atoms with Gasteiger partial charge in [0.1, 0.15) is 22.3 Å². The lowest BCUT2D eigenvalue weighted by atomic mass is 9.98. The van der Waals surface area contributed by atoms with Crippen LogP contribution in [-0.2, 0) is 0 Å². The molecule has 56 heavy (non-hydrogen) atoms. The number of anilines is 3. The minimum absolute atomic E-state index is 0.850. The van der Waals surface area contributed by atoms with Crippen LogP contribution in [0.3, 0.4) is 0 Å². The summed E-state index contributed by atoms with van der Waals surface area (Å²) in [6.45, 7) is 0. The maximum Gasteiger partial charge on any atom is 0.137 e. The lowest BCUT2D eigenvalue weighted by Crippen LogP contribution is -2.09. The van der Waals surface area contributed by atoms with Gasteiger partial charge in [0, 0.05) is 61.7 Å². The van der Waals surface area contributed by atoms with E-state index in [1.807, 2.05) is 24.3 Å². The van der Waals surface area contributed by atoms with Crippen molar-refractivity contribution in [2.24, 2.45) is 0 Å². The smallest absolute Gasteiger partial charge is 0.137 e. The number of para-hydroxylation sites is 2. The first-order valence-electron chi connectivity index (χ1n) is 19.0. The van der Waals surface area contributed by atoms with Crippen LogP contribution in [0.25, 0.3) is 93.5 Å². The van der Waals surface area contributed by atoms with E-state index in [1.165, 1.54) is 38.3 Å². The Hall–Kier alpha value is -7.56. The molecule has 0 radical (unpaired) electrons. The lowest BCUT2D eigenvalue weighted by molar-refractivity contribution is 0.669. The summed E-state index contributed by atoms with van der Waals surface area (Å²) in [6, 6.07) is 69.0. The Morgan fingerprint density at radius 2 is 0.929 bits per heavy atom. The first kappa shape index (κ1) is 30.9. The minimum Gasteiger partial charge on any atom is -0.456 e. The van der Waals surface area contributed by atoms with Gasteiger partial charge in [0.15, 0.2) is 0 Å². The third kappa shape index (κ3) is 4.60. The van der Waals surface area contributed by atoms with Crippen LogP contribution >= 0.6 is 0 Å². The van der Waals surface area contributed by atoms with E-state index in [9.17, 15) is 0 Å². The molecule has 0 saturated heterocycles. The second-order valence-corrected chi connectivity index (χ2v) is 14.5. The molecule has 0 aliphatic heterocycles. The number of aromatic nitrogens is 1. The highest BCUT2D eigenvalue weighted by Gasteiger charge is 2.21. The summed E-state index contributed by atoms with van der Waals surface area (Å²) in [4.78, 5) is 2.29. The Bertz CT molecular complexity index is 3370. The summed E-state index contributed by atoms with van der Waals surface area (Å²) < 4.78 is 15.2. The Morgan fingerprint density at radius 3 is 1.61 bits per heavy atom. The largest absolute Gasteiger partial charge is 0.456 e. The van der Waals surface area contributed by atoms with Crippen LogP contribution in [-0.4, -0.2) is 4.40 Å². The standard InChI is InChI=1S/C52H32N2O2/c1-2-12-35(13-3-1)51-45-18-10-17-44(54(45)46-30-23-33-11-4-5-14-39(33)52(46)51)34-21-24-36(25-22-34)53(37-26-28-42-40-15-6-8-19-47(40)55-49(42)31-37)38-27-29-43-41-16-7-9-20-48(41)56-50(43)32-38/h1-32H.